The lowest BCUT2D eigenvalue weighted by atomic mass is 9.95. The third kappa shape index (κ3) is 5.03. The lowest BCUT2D eigenvalue weighted by Gasteiger charge is -2.23. The van der Waals surface area contributed by atoms with E-state index in [4.69, 9.17) is 4.74 Å². The van der Waals surface area contributed by atoms with E-state index in [9.17, 15) is 14.4 Å². The van der Waals surface area contributed by atoms with Gasteiger partial charge in [-0.2, -0.15) is 0 Å². The molecule has 1 aliphatic carbocycles. The molecule has 2 aliphatic rings. The van der Waals surface area contributed by atoms with Gasteiger partial charge < -0.3 is 15.4 Å². The number of aromatic nitrogens is 3. The first kappa shape index (κ1) is 19.3. The number of nitrogens with zero attached hydrogens (tertiary/aromatic N) is 4. The maximum atomic E-state index is 12.5. The second-order valence-electron chi connectivity index (χ2n) is 7.00. The van der Waals surface area contributed by atoms with Crippen molar-refractivity contribution in [1.82, 2.24) is 30.5 Å². The number of hydrogen-bond acceptors (Lipinski definition) is 6. The molecule has 27 heavy (non-hydrogen) atoms. The molecule has 2 N–H and O–H groups in total. The van der Waals surface area contributed by atoms with Gasteiger partial charge in [-0.25, -0.2) is 9.48 Å². The van der Waals surface area contributed by atoms with Crippen LogP contribution in [0.15, 0.2) is 6.20 Å². The van der Waals surface area contributed by atoms with Crippen LogP contribution in [0, 0.1) is 0 Å². The van der Waals surface area contributed by atoms with Crippen LogP contribution in [0.2, 0.25) is 0 Å². The number of urea groups is 1. The zero-order valence-electron chi connectivity index (χ0n) is 15.5. The predicted molar refractivity (Wildman–Crippen MR) is 94.7 cm³/mol. The number of methoxy groups -OCH3 is 1. The monoisotopic (exact) mass is 378 g/mol. The first-order valence-corrected chi connectivity index (χ1v) is 9.36. The highest BCUT2D eigenvalue weighted by molar-refractivity contribution is 6.06. The van der Waals surface area contributed by atoms with Gasteiger partial charge in [0.2, 0.25) is 5.91 Å². The fraction of sp³-hybridized carbons (Fsp3) is 0.706. The summed E-state index contributed by atoms with van der Waals surface area (Å²) in [4.78, 5) is 37.8. The Hall–Kier alpha value is -2.49. The Morgan fingerprint density at radius 3 is 2.85 bits per heavy atom. The average molecular weight is 378 g/mol. The maximum absolute atomic E-state index is 12.5. The molecule has 148 valence electrons. The van der Waals surface area contributed by atoms with E-state index in [0.717, 1.165) is 30.6 Å². The molecule has 1 atom stereocenters. The van der Waals surface area contributed by atoms with E-state index in [1.54, 1.807) is 18.0 Å². The average Bonchev–Trinajstić information content (AvgIpc) is 3.21. The third-order valence-corrected chi connectivity index (χ3v) is 4.90. The number of ether oxygens (including phenoxy) is 1. The van der Waals surface area contributed by atoms with Crippen molar-refractivity contribution in [2.45, 2.75) is 57.2 Å². The normalized spacial score (nSPS) is 20.8. The van der Waals surface area contributed by atoms with Crippen LogP contribution < -0.4 is 10.6 Å². The summed E-state index contributed by atoms with van der Waals surface area (Å²) >= 11 is 0. The number of nitrogens with one attached hydrogen (secondary N) is 2. The highest BCUT2D eigenvalue weighted by Gasteiger charge is 2.39. The molecule has 1 unspecified atom stereocenters. The Bertz CT molecular complexity index is 685. The van der Waals surface area contributed by atoms with E-state index < -0.39 is 18.0 Å². The number of imide groups is 1. The standard InChI is InChI=1S/C17H26N6O4/c1-27-8-7-22-10-13(20-21-22)9-14-16(25)23(17(26)19-14)11-15(24)18-12-5-3-2-4-6-12/h10,12,14H,2-9,11H2,1H3,(H,18,24)(H,19,26). The minimum atomic E-state index is -0.729. The fourth-order valence-electron chi connectivity index (χ4n) is 3.46. The highest BCUT2D eigenvalue weighted by atomic mass is 16.5. The van der Waals surface area contributed by atoms with Gasteiger partial charge in [-0.15, -0.1) is 5.10 Å². The van der Waals surface area contributed by atoms with Crippen LogP contribution in [0.3, 0.4) is 0 Å². The third-order valence-electron chi connectivity index (χ3n) is 4.90. The van der Waals surface area contributed by atoms with Crippen LogP contribution >= 0.6 is 0 Å². The molecule has 0 bridgehead atoms. The molecule has 1 aromatic rings. The predicted octanol–water partition coefficient (Wildman–Crippen LogP) is -0.164. The van der Waals surface area contributed by atoms with Crippen molar-refractivity contribution in [1.29, 1.82) is 0 Å². The van der Waals surface area contributed by atoms with Gasteiger partial charge in [0.1, 0.15) is 12.6 Å². The van der Waals surface area contributed by atoms with Crippen LogP contribution in [0.4, 0.5) is 4.79 Å². The van der Waals surface area contributed by atoms with Crippen molar-refractivity contribution < 1.29 is 19.1 Å². The molecule has 1 aliphatic heterocycles. The van der Waals surface area contributed by atoms with Gasteiger partial charge in [0.25, 0.3) is 5.91 Å². The van der Waals surface area contributed by atoms with Crippen LogP contribution in [0.5, 0.6) is 0 Å². The highest BCUT2D eigenvalue weighted by Crippen LogP contribution is 2.17. The molecule has 10 nitrogen and oxygen atoms in total. The van der Waals surface area contributed by atoms with Gasteiger partial charge in [-0.05, 0) is 12.8 Å². The van der Waals surface area contributed by atoms with Gasteiger partial charge in [-0.3, -0.25) is 14.5 Å². The summed E-state index contributed by atoms with van der Waals surface area (Å²) in [5.74, 6) is -0.707. The molecule has 0 aromatic carbocycles. The van der Waals surface area contributed by atoms with Crippen molar-refractivity contribution in [2.75, 3.05) is 20.3 Å². The second-order valence-corrected chi connectivity index (χ2v) is 7.00. The summed E-state index contributed by atoms with van der Waals surface area (Å²) in [7, 11) is 1.60. The van der Waals surface area contributed by atoms with E-state index in [-0.39, 0.29) is 24.9 Å². The zero-order chi connectivity index (χ0) is 19.2. The van der Waals surface area contributed by atoms with Crippen molar-refractivity contribution in [3.8, 4) is 0 Å². The van der Waals surface area contributed by atoms with Crippen LogP contribution in [0.25, 0.3) is 0 Å². The van der Waals surface area contributed by atoms with E-state index in [0.29, 0.717) is 18.8 Å². The number of amides is 4. The van der Waals surface area contributed by atoms with E-state index in [1.165, 1.54) is 6.42 Å². The molecule has 2 fully saturated rings. The number of rotatable bonds is 8. The summed E-state index contributed by atoms with van der Waals surface area (Å²) < 4.78 is 6.60. The lowest BCUT2D eigenvalue weighted by molar-refractivity contribution is -0.132. The molecular weight excluding hydrogens is 352 g/mol. The van der Waals surface area contributed by atoms with Gasteiger partial charge in [-0.1, -0.05) is 24.5 Å². The quantitative estimate of drug-likeness (QED) is 0.607. The molecular formula is C17H26N6O4. The second kappa shape index (κ2) is 8.94. The maximum Gasteiger partial charge on any atom is 0.325 e. The first-order valence-electron chi connectivity index (χ1n) is 9.36. The Balaban J connectivity index is 1.51. The van der Waals surface area contributed by atoms with Crippen LogP contribution in [-0.2, 0) is 27.3 Å². The van der Waals surface area contributed by atoms with Gasteiger partial charge >= 0.3 is 6.03 Å². The number of hydrogen-bond donors (Lipinski definition) is 2. The summed E-state index contributed by atoms with van der Waals surface area (Å²) in [6.45, 7) is 0.811. The Kier molecular flexibility index (Phi) is 6.38. The van der Waals surface area contributed by atoms with Crippen molar-refractivity contribution >= 4 is 17.8 Å². The molecule has 3 rings (SSSR count). The van der Waals surface area contributed by atoms with Gasteiger partial charge in [0.15, 0.2) is 0 Å². The Morgan fingerprint density at radius 2 is 2.11 bits per heavy atom. The summed E-state index contributed by atoms with van der Waals surface area (Å²) in [5, 5.41) is 13.5. The van der Waals surface area contributed by atoms with Crippen molar-refractivity contribution in [2.24, 2.45) is 0 Å². The topological polar surface area (TPSA) is 118 Å². The molecule has 0 radical (unpaired) electrons. The SMILES string of the molecule is COCCn1cc(CC2NC(=O)N(CC(=O)NC3CCCCC3)C2=O)nn1. The van der Waals surface area contributed by atoms with Crippen molar-refractivity contribution in [3.63, 3.8) is 0 Å². The summed E-state index contributed by atoms with van der Waals surface area (Å²) in [5.41, 5.74) is 0.596. The number of carbonyl (C=O) groups is 3. The van der Waals surface area contributed by atoms with Crippen LogP contribution in [0.1, 0.15) is 37.8 Å². The minimum absolute atomic E-state index is 0.143. The first-order chi connectivity index (χ1) is 13.1. The molecule has 2 heterocycles. The lowest BCUT2D eigenvalue weighted by Crippen LogP contribution is -2.45. The Morgan fingerprint density at radius 1 is 1.33 bits per heavy atom. The molecule has 1 saturated carbocycles. The van der Waals surface area contributed by atoms with Crippen LogP contribution in [-0.4, -0.2) is 70.1 Å². The van der Waals surface area contributed by atoms with E-state index >= 15 is 0 Å². The largest absolute Gasteiger partial charge is 0.383 e. The zero-order valence-corrected chi connectivity index (χ0v) is 15.5. The number of carbonyl (C=O) groups excluding carboxylic acids is 3. The van der Waals surface area contributed by atoms with E-state index in [2.05, 4.69) is 20.9 Å². The molecule has 4 amide bonds. The van der Waals surface area contributed by atoms with Crippen molar-refractivity contribution in [3.05, 3.63) is 11.9 Å². The minimum Gasteiger partial charge on any atom is -0.383 e. The van der Waals surface area contributed by atoms with Gasteiger partial charge in [0, 0.05) is 25.8 Å². The Labute approximate surface area is 157 Å². The molecule has 1 aromatic heterocycles. The van der Waals surface area contributed by atoms with Gasteiger partial charge in [0.05, 0.1) is 18.8 Å². The summed E-state index contributed by atoms with van der Waals surface area (Å²) in [6.07, 6.45) is 7.25. The molecule has 0 spiro atoms. The fourth-order valence-corrected chi connectivity index (χ4v) is 3.46. The molecule has 1 saturated heterocycles. The summed E-state index contributed by atoms with van der Waals surface area (Å²) in [6, 6.07) is -1.13. The van der Waals surface area contributed by atoms with E-state index in [1.807, 2.05) is 0 Å². The molecule has 10 heteroatoms. The smallest absolute Gasteiger partial charge is 0.325 e.